The maximum atomic E-state index is 3.48. The van der Waals surface area contributed by atoms with E-state index in [0.717, 1.165) is 6.16 Å². The normalized spacial score (nSPS) is 12.9. The van der Waals surface area contributed by atoms with Crippen molar-refractivity contribution in [2.24, 2.45) is 10.8 Å². The third-order valence-electron chi connectivity index (χ3n) is 9.17. The van der Waals surface area contributed by atoms with Crippen LogP contribution in [0.3, 0.4) is 0 Å². The van der Waals surface area contributed by atoms with Crippen LogP contribution in [0.25, 0.3) is 0 Å². The van der Waals surface area contributed by atoms with E-state index in [1.54, 1.807) is 21.5 Å². The monoisotopic (exact) mass is 714 g/mol. The number of rotatable bonds is 7. The quantitative estimate of drug-likeness (QED) is 0.102. The third kappa shape index (κ3) is 8.90. The fourth-order valence-corrected chi connectivity index (χ4v) is 15.9. The molecule has 0 fully saturated rings. The Labute approximate surface area is 293 Å². The van der Waals surface area contributed by atoms with Crippen LogP contribution in [0.4, 0.5) is 0 Å². The second-order valence-electron chi connectivity index (χ2n) is 16.8. The summed E-state index contributed by atoms with van der Waals surface area (Å²) in [6.45, 7) is 34.9. The van der Waals surface area contributed by atoms with E-state index in [2.05, 4.69) is 159 Å². The predicted molar refractivity (Wildman–Crippen MR) is 213 cm³/mol. The van der Waals surface area contributed by atoms with E-state index in [-0.39, 0.29) is 33.1 Å². The summed E-state index contributed by atoms with van der Waals surface area (Å²) in [5.74, 6) is 0. The molecule has 45 heavy (non-hydrogen) atoms. The van der Waals surface area contributed by atoms with Gasteiger partial charge < -0.3 is 30.3 Å². The van der Waals surface area contributed by atoms with Gasteiger partial charge in [0.05, 0.1) is 0 Å². The fraction of sp³-hybridized carbons (Fsp3) is 0.450. The summed E-state index contributed by atoms with van der Waals surface area (Å²) in [5, 5.41) is 6.48. The molecule has 0 radical (unpaired) electrons. The summed E-state index contributed by atoms with van der Waals surface area (Å²) in [6, 6.07) is 31.0. The van der Waals surface area contributed by atoms with Gasteiger partial charge in [-0.1, -0.05) is 137 Å². The molecule has 1 atom stereocenters. The maximum Gasteiger partial charge on any atom is 0.00429 e. The van der Waals surface area contributed by atoms with E-state index in [1.807, 2.05) is 30.3 Å². The number of aryl methyl sites for hydroxylation is 2. The molecule has 0 aliphatic heterocycles. The molecule has 0 aliphatic carbocycles. The van der Waals surface area contributed by atoms with E-state index >= 15 is 0 Å². The Morgan fingerprint density at radius 1 is 0.667 bits per heavy atom. The van der Waals surface area contributed by atoms with Gasteiger partial charge >= 0.3 is 0 Å². The minimum absolute atomic E-state index is 0. The van der Waals surface area contributed by atoms with Crippen molar-refractivity contribution in [1.29, 1.82) is 0 Å². The summed E-state index contributed by atoms with van der Waals surface area (Å²) in [6.07, 6.45) is 1.10. The largest absolute Gasteiger partial charge is 0.748 e. The van der Waals surface area contributed by atoms with Crippen molar-refractivity contribution in [3.8, 4) is 0 Å². The van der Waals surface area contributed by atoms with E-state index in [0.29, 0.717) is 0 Å². The third-order valence-corrected chi connectivity index (χ3v) is 18.3. The summed E-state index contributed by atoms with van der Waals surface area (Å²) in [7, 11) is -0.344. The van der Waals surface area contributed by atoms with Crippen LogP contribution in [0.5, 0.6) is 0 Å². The maximum absolute atomic E-state index is 3.48. The van der Waals surface area contributed by atoms with Gasteiger partial charge in [-0.2, -0.15) is 16.8 Å². The molecule has 0 nitrogen and oxygen atoms in total. The van der Waals surface area contributed by atoms with Crippen molar-refractivity contribution in [1.82, 2.24) is 0 Å². The minimum atomic E-state index is -1.68. The molecule has 0 saturated heterocycles. The molecular formula is C40H60FeP2Si2-6. The second kappa shape index (κ2) is 15.0. The standard InChI is InChI=1S/C35H55P2Si2.C5H5.Fe/c1-25-19-15-17-21-28(25)37(29-22-18-16-20-26(29)2)24-27-23-30(38(9,10)11)32(39(12,13)14)31(27)35(36,33(3,4)5)34(6,7)8;1-2-4-5-3-1;/h15-23H,24,36H2,1-14H3;1-5H;/q-1;-5;. The summed E-state index contributed by atoms with van der Waals surface area (Å²) >= 11 is 0. The van der Waals surface area contributed by atoms with Gasteiger partial charge in [0, 0.05) is 33.2 Å². The van der Waals surface area contributed by atoms with Gasteiger partial charge in [0.1, 0.15) is 0 Å². The van der Waals surface area contributed by atoms with Gasteiger partial charge in [0.25, 0.3) is 0 Å². The number of hydrogen-bond acceptors (Lipinski definition) is 0. The Morgan fingerprint density at radius 2 is 1.04 bits per heavy atom. The predicted octanol–water partition coefficient (Wildman–Crippen LogP) is 10.3. The van der Waals surface area contributed by atoms with E-state index in [1.165, 1.54) is 21.7 Å². The van der Waals surface area contributed by atoms with Crippen molar-refractivity contribution >= 4 is 54.3 Å². The van der Waals surface area contributed by atoms with Crippen molar-refractivity contribution in [3.63, 3.8) is 0 Å². The van der Waals surface area contributed by atoms with E-state index in [4.69, 9.17) is 0 Å². The molecule has 0 heterocycles. The van der Waals surface area contributed by atoms with Crippen LogP contribution in [0.2, 0.25) is 39.3 Å². The molecule has 0 amide bonds. The van der Waals surface area contributed by atoms with E-state index in [9.17, 15) is 0 Å². The average molecular weight is 715 g/mol. The first-order valence-electron chi connectivity index (χ1n) is 16.3. The van der Waals surface area contributed by atoms with Gasteiger partial charge in [0.15, 0.2) is 0 Å². The summed E-state index contributed by atoms with van der Waals surface area (Å²) in [4.78, 5) is 0. The van der Waals surface area contributed by atoms with Gasteiger partial charge in [0.2, 0.25) is 0 Å². The van der Waals surface area contributed by atoms with Gasteiger partial charge in [-0.25, -0.2) is 5.19 Å². The number of hydrogen-bond donors (Lipinski definition) is 0. The first-order chi connectivity index (χ1) is 20.1. The molecule has 4 aromatic rings. The molecule has 4 aromatic carbocycles. The Hall–Kier alpha value is -1.05. The topological polar surface area (TPSA) is 0 Å². The zero-order chi connectivity index (χ0) is 33.3. The van der Waals surface area contributed by atoms with Crippen LogP contribution in [-0.4, -0.2) is 16.1 Å². The van der Waals surface area contributed by atoms with Crippen LogP contribution in [-0.2, 0) is 28.4 Å². The van der Waals surface area contributed by atoms with Crippen molar-refractivity contribution < 1.29 is 17.1 Å². The molecule has 1 unspecified atom stereocenters. The zero-order valence-corrected chi connectivity index (χ0v) is 35.8. The molecule has 0 bridgehead atoms. The van der Waals surface area contributed by atoms with E-state index < -0.39 is 24.1 Å². The molecule has 0 N–H and O–H groups in total. The average Bonchev–Trinajstić information content (AvgIpc) is 3.58. The Morgan fingerprint density at radius 3 is 1.36 bits per heavy atom. The first-order valence-corrected chi connectivity index (χ1v) is 25.4. The van der Waals surface area contributed by atoms with Gasteiger partial charge in [-0.15, -0.1) is 14.8 Å². The molecule has 0 aliphatic rings. The van der Waals surface area contributed by atoms with Crippen molar-refractivity contribution in [2.45, 2.75) is 106 Å². The Balaban J connectivity index is 0.00000107. The van der Waals surface area contributed by atoms with Crippen LogP contribution in [0.1, 0.15) is 63.8 Å². The minimum Gasteiger partial charge on any atom is -0.748 e. The molecule has 4 rings (SSSR count). The Bertz CT molecular complexity index is 1430. The smallest absolute Gasteiger partial charge is 0.00429 e. The van der Waals surface area contributed by atoms with Crippen LogP contribution >= 0.6 is 17.2 Å². The van der Waals surface area contributed by atoms with Crippen LogP contribution in [0.15, 0.2) is 84.9 Å². The summed E-state index contributed by atoms with van der Waals surface area (Å²) in [5.41, 5.74) is 6.29. The van der Waals surface area contributed by atoms with Crippen LogP contribution in [0, 0.1) is 24.7 Å². The second-order valence-corrected chi connectivity index (χ2v) is 29.8. The van der Waals surface area contributed by atoms with Crippen LogP contribution < -0.4 is 21.0 Å². The molecule has 252 valence electrons. The molecule has 0 spiro atoms. The van der Waals surface area contributed by atoms with Crippen molar-refractivity contribution in [2.75, 3.05) is 0 Å². The number of benzene rings is 2. The van der Waals surface area contributed by atoms with Crippen molar-refractivity contribution in [3.05, 3.63) is 107 Å². The SMILES string of the molecule is Cc1ccccc1P(C[c-]1cc([Si](C)(C)C)c([Si](C)(C)C)c1C(P)(C(C)(C)C)C(C)(C)C)c1ccccc1C.[Fe].[cH-]1[cH-][cH-][cH-][cH-]1. The Kier molecular flexibility index (Phi) is 13.4. The van der Waals surface area contributed by atoms with Gasteiger partial charge in [-0.3, -0.25) is 0 Å². The molecular weight excluding hydrogens is 654 g/mol. The first kappa shape index (κ1) is 40.1. The molecule has 0 aromatic heterocycles. The molecule has 0 saturated carbocycles. The molecule has 5 heteroatoms. The van der Waals surface area contributed by atoms with Gasteiger partial charge in [-0.05, 0) is 57.7 Å². The zero-order valence-electron chi connectivity index (χ0n) is 30.7. The summed E-state index contributed by atoms with van der Waals surface area (Å²) < 4.78 is 0. The fourth-order valence-electron chi connectivity index (χ4n) is 6.96.